The zero-order chi connectivity index (χ0) is 22.8. The molecule has 3 aromatic heterocycles. The van der Waals surface area contributed by atoms with Crippen LogP contribution in [0.1, 0.15) is 17.7 Å². The fourth-order valence-electron chi connectivity index (χ4n) is 4.11. The van der Waals surface area contributed by atoms with Gasteiger partial charge in [-0.2, -0.15) is 0 Å². The molecule has 0 saturated carbocycles. The molecule has 5 rings (SSSR count). The quantitative estimate of drug-likeness (QED) is 0.427. The van der Waals surface area contributed by atoms with E-state index in [0.29, 0.717) is 25.4 Å². The van der Waals surface area contributed by atoms with Crippen molar-refractivity contribution < 1.29 is 13.5 Å². The number of sulfonamides is 1. The van der Waals surface area contributed by atoms with Crippen LogP contribution >= 0.6 is 0 Å². The van der Waals surface area contributed by atoms with Crippen LogP contribution in [0, 0.1) is 0 Å². The summed E-state index contributed by atoms with van der Waals surface area (Å²) in [7, 11) is -3.37. The number of benzene rings is 1. The molecule has 8 heteroatoms. The van der Waals surface area contributed by atoms with E-state index in [2.05, 4.69) is 44.7 Å². The number of nitrogens with one attached hydrogen (secondary N) is 1. The van der Waals surface area contributed by atoms with Crippen LogP contribution in [0.5, 0.6) is 0 Å². The van der Waals surface area contributed by atoms with Gasteiger partial charge in [-0.1, -0.05) is 28.5 Å². The number of fused-ring (bicyclic) bond motifs is 1. The Morgan fingerprint density at radius 2 is 2.12 bits per heavy atom. The molecule has 1 unspecified atom stereocenters. The zero-order valence-corrected chi connectivity index (χ0v) is 19.0. The lowest BCUT2D eigenvalue weighted by Crippen LogP contribution is -2.17. The highest BCUT2D eigenvalue weighted by molar-refractivity contribution is 7.98. The first-order chi connectivity index (χ1) is 16.0. The maximum atomic E-state index is 11.7. The van der Waals surface area contributed by atoms with Crippen molar-refractivity contribution in [3.8, 4) is 11.3 Å². The molecule has 1 aliphatic heterocycles. The van der Waals surface area contributed by atoms with E-state index >= 15 is 0 Å². The van der Waals surface area contributed by atoms with E-state index in [4.69, 9.17) is 9.72 Å². The van der Waals surface area contributed by atoms with Crippen LogP contribution in [-0.4, -0.2) is 38.6 Å². The first-order valence-electron chi connectivity index (χ1n) is 10.7. The Hall–Kier alpha value is -3.33. The van der Waals surface area contributed by atoms with Gasteiger partial charge in [-0.15, -0.1) is 0 Å². The van der Waals surface area contributed by atoms with Gasteiger partial charge in [-0.3, -0.25) is 4.98 Å². The molecule has 0 spiro atoms. The third-order valence-electron chi connectivity index (χ3n) is 5.57. The molecule has 1 aliphatic rings. The Bertz CT molecular complexity index is 1380. The molecule has 0 bridgehead atoms. The zero-order valence-electron chi connectivity index (χ0n) is 18.2. The largest absolute Gasteiger partial charge is 0.593 e. The van der Waals surface area contributed by atoms with Crippen LogP contribution < -0.4 is 4.72 Å². The fraction of sp³-hybridized carbons (Fsp3) is 0.200. The molecule has 1 N–H and O–H groups in total. The van der Waals surface area contributed by atoms with E-state index in [-0.39, 0.29) is 0 Å². The summed E-state index contributed by atoms with van der Waals surface area (Å²) in [6.45, 7) is 1.94. The van der Waals surface area contributed by atoms with E-state index in [1.165, 1.54) is 0 Å². The number of hydrogen-bond donors (Lipinski definition) is 1. The van der Waals surface area contributed by atoms with Gasteiger partial charge in [-0.05, 0) is 47.9 Å². The lowest BCUT2D eigenvalue weighted by molar-refractivity contribution is 0.161. The maximum Gasteiger partial charge on any atom is 0.142 e. The molecule has 1 aromatic carbocycles. The van der Waals surface area contributed by atoms with Gasteiger partial charge in [-0.25, -0.2) is 9.71 Å². The normalized spacial score (nSPS) is 15.8. The third-order valence-corrected chi connectivity index (χ3v) is 6.18. The van der Waals surface area contributed by atoms with E-state index in [1.54, 1.807) is 12.3 Å². The molecule has 7 nitrogen and oxygen atoms in total. The Labute approximate surface area is 193 Å². The second-order valence-corrected chi connectivity index (χ2v) is 9.85. The summed E-state index contributed by atoms with van der Waals surface area (Å²) >= 11 is 0. The van der Waals surface area contributed by atoms with Crippen LogP contribution in [0.25, 0.3) is 27.7 Å². The predicted octanol–water partition coefficient (Wildman–Crippen LogP) is 4.54. The van der Waals surface area contributed by atoms with Crippen LogP contribution in [0.3, 0.4) is 0 Å². The van der Waals surface area contributed by atoms with Crippen molar-refractivity contribution in [1.29, 1.82) is 0 Å². The highest BCUT2D eigenvalue weighted by Gasteiger charge is 2.17. The van der Waals surface area contributed by atoms with Gasteiger partial charge >= 0.3 is 0 Å². The second-order valence-electron chi connectivity index (χ2n) is 8.10. The Morgan fingerprint density at radius 3 is 2.88 bits per heavy atom. The Balaban J connectivity index is 1.64. The molecule has 0 saturated heterocycles. The monoisotopic (exact) mass is 460 g/mol. The molecule has 33 heavy (non-hydrogen) atoms. The highest BCUT2D eigenvalue weighted by atomic mass is 32.3. The molecule has 0 amide bonds. The van der Waals surface area contributed by atoms with E-state index < -0.39 is 10.4 Å². The molecule has 168 valence electrons. The number of pyridine rings is 2. The summed E-state index contributed by atoms with van der Waals surface area (Å²) in [5, 5.41) is 1.08. The first-order valence-corrected chi connectivity index (χ1v) is 12.6. The summed E-state index contributed by atoms with van der Waals surface area (Å²) in [6.07, 6.45) is 9.76. The van der Waals surface area contributed by atoms with Crippen molar-refractivity contribution in [1.82, 2.24) is 14.5 Å². The summed E-state index contributed by atoms with van der Waals surface area (Å²) in [6, 6.07) is 15.5. The van der Waals surface area contributed by atoms with Crippen molar-refractivity contribution in [2.24, 2.45) is 0 Å². The van der Waals surface area contributed by atoms with Crippen LogP contribution in [0.4, 0.5) is 5.69 Å². The SMILES string of the molecule is C[S+](=O)([O-])Nc1cccc(-c2cc3c(ccn3Cc3cccnc3)c(C3=CCOCC3)n2)c1. The van der Waals surface area contributed by atoms with Gasteiger partial charge in [0.05, 0.1) is 35.8 Å². The molecule has 0 fully saturated rings. The van der Waals surface area contributed by atoms with Crippen LogP contribution in [0.15, 0.2) is 73.2 Å². The average molecular weight is 461 g/mol. The summed E-state index contributed by atoms with van der Waals surface area (Å²) < 4.78 is 33.7. The van der Waals surface area contributed by atoms with E-state index in [9.17, 15) is 8.76 Å². The number of aromatic nitrogens is 3. The summed E-state index contributed by atoms with van der Waals surface area (Å²) in [4.78, 5) is 9.26. The minimum Gasteiger partial charge on any atom is -0.593 e. The van der Waals surface area contributed by atoms with Crippen LogP contribution in [-0.2, 0) is 25.9 Å². The lowest BCUT2D eigenvalue weighted by Gasteiger charge is -2.16. The van der Waals surface area contributed by atoms with Gasteiger partial charge in [0.15, 0.2) is 0 Å². The number of hydrogen-bond acceptors (Lipinski definition) is 5. The van der Waals surface area contributed by atoms with Crippen molar-refractivity contribution in [2.75, 3.05) is 24.2 Å². The smallest absolute Gasteiger partial charge is 0.142 e. The van der Waals surface area contributed by atoms with Crippen molar-refractivity contribution in [3.05, 3.63) is 84.5 Å². The molecular weight excluding hydrogens is 436 g/mol. The van der Waals surface area contributed by atoms with Gasteiger partial charge in [0.25, 0.3) is 0 Å². The maximum absolute atomic E-state index is 11.7. The molecule has 0 aliphatic carbocycles. The minimum absolute atomic E-state index is 0.509. The second kappa shape index (κ2) is 8.90. The Morgan fingerprint density at radius 1 is 1.21 bits per heavy atom. The summed E-state index contributed by atoms with van der Waals surface area (Å²) in [5.74, 6) is 0. The van der Waals surface area contributed by atoms with Crippen molar-refractivity contribution in [2.45, 2.75) is 13.0 Å². The molecular formula is C25H24N4O3S. The van der Waals surface area contributed by atoms with Gasteiger partial charge in [0.1, 0.15) is 16.7 Å². The number of rotatable bonds is 6. The van der Waals surface area contributed by atoms with E-state index in [1.807, 2.05) is 30.5 Å². The number of anilines is 1. The average Bonchev–Trinajstić information content (AvgIpc) is 3.21. The first kappa shape index (κ1) is 21.5. The molecule has 4 heterocycles. The van der Waals surface area contributed by atoms with Gasteiger partial charge < -0.3 is 13.9 Å². The highest BCUT2D eigenvalue weighted by Crippen LogP contribution is 2.33. The topological polar surface area (TPSA) is 92.1 Å². The number of ether oxygens (including phenoxy) is 1. The number of nitrogens with zero attached hydrogens (tertiary/aromatic N) is 3. The lowest BCUT2D eigenvalue weighted by atomic mass is 10.0. The van der Waals surface area contributed by atoms with Crippen molar-refractivity contribution >= 4 is 32.6 Å². The Kier molecular flexibility index (Phi) is 5.80. The predicted molar refractivity (Wildman–Crippen MR) is 130 cm³/mol. The van der Waals surface area contributed by atoms with Gasteiger partial charge in [0, 0.05) is 36.1 Å². The standard InChI is InChI=1S/C25H24N4O3S/c1-33(30,31)28-21-6-2-5-20(14-21)23-15-24-22(25(27-23)19-8-12-32-13-9-19)7-11-29(24)17-18-4-3-10-26-16-18/h2-8,10-11,14-16H,9,12-13,17H2,1H3,(H-,28,30,31). The molecule has 1 atom stereocenters. The van der Waals surface area contributed by atoms with Crippen LogP contribution in [0.2, 0.25) is 0 Å². The molecule has 0 radical (unpaired) electrons. The molecule has 4 aromatic rings. The third kappa shape index (κ3) is 4.88. The van der Waals surface area contributed by atoms with Gasteiger partial charge in [0.2, 0.25) is 0 Å². The minimum atomic E-state index is -3.37. The van der Waals surface area contributed by atoms with Crippen molar-refractivity contribution in [3.63, 3.8) is 0 Å². The summed E-state index contributed by atoms with van der Waals surface area (Å²) in [5.41, 5.74) is 6.42. The fourth-order valence-corrected chi connectivity index (χ4v) is 4.66. The van der Waals surface area contributed by atoms with E-state index in [0.717, 1.165) is 51.7 Å².